The molecule has 1 amide bonds. The number of amides is 1. The minimum atomic E-state index is -0.801. The van der Waals surface area contributed by atoms with Crippen molar-refractivity contribution in [3.05, 3.63) is 12.7 Å². The van der Waals surface area contributed by atoms with E-state index in [9.17, 15) is 9.59 Å². The Labute approximate surface area is 88.8 Å². The zero-order chi connectivity index (χ0) is 11.3. The number of carbonyl (C=O) groups excluding carboxylic acids is 1. The number of nitrogens with one attached hydrogen (secondary N) is 1. The third-order valence-electron chi connectivity index (χ3n) is 2.45. The smallest absolute Gasteiger partial charge is 0.303 e. The van der Waals surface area contributed by atoms with Crippen LogP contribution in [0.2, 0.25) is 0 Å². The topological polar surface area (TPSA) is 69.6 Å². The summed E-state index contributed by atoms with van der Waals surface area (Å²) >= 11 is 0. The van der Waals surface area contributed by atoms with Gasteiger partial charge in [-0.15, -0.1) is 6.58 Å². The highest BCUT2D eigenvalue weighted by atomic mass is 16.4. The van der Waals surface area contributed by atoms with Crippen LogP contribution in [0, 0.1) is 0 Å². The van der Waals surface area contributed by atoms with Gasteiger partial charge in [-0.25, -0.2) is 0 Å². The van der Waals surface area contributed by atoms with Gasteiger partial charge in [-0.2, -0.15) is 0 Å². The standard InChI is InChI=1S/C10H16N2O3/c1-2-5-12-7-9(13)11-6-8(12)3-4-10(14)15/h2,8H,1,3-7H2,(H,11,13)(H,14,15). The van der Waals surface area contributed by atoms with Crippen LogP contribution in [0.1, 0.15) is 12.8 Å². The number of nitrogens with zero attached hydrogens (tertiary/aromatic N) is 1. The summed E-state index contributed by atoms with van der Waals surface area (Å²) in [6.07, 6.45) is 2.42. The van der Waals surface area contributed by atoms with Crippen LogP contribution in [0.15, 0.2) is 12.7 Å². The molecule has 1 atom stereocenters. The molecule has 0 spiro atoms. The average molecular weight is 212 g/mol. The van der Waals surface area contributed by atoms with Gasteiger partial charge in [0.1, 0.15) is 0 Å². The minimum Gasteiger partial charge on any atom is -0.481 e. The Kier molecular flexibility index (Phi) is 4.30. The Hall–Kier alpha value is -1.36. The van der Waals surface area contributed by atoms with Gasteiger partial charge in [0.2, 0.25) is 5.91 Å². The molecule has 15 heavy (non-hydrogen) atoms. The molecule has 1 fully saturated rings. The summed E-state index contributed by atoms with van der Waals surface area (Å²) in [6, 6.07) is 0.108. The second-order valence-corrected chi connectivity index (χ2v) is 3.61. The molecule has 0 radical (unpaired) electrons. The van der Waals surface area contributed by atoms with Crippen molar-refractivity contribution in [2.75, 3.05) is 19.6 Å². The SMILES string of the molecule is C=CCN1CC(=O)NCC1CCC(=O)O. The third-order valence-corrected chi connectivity index (χ3v) is 2.45. The Balaban J connectivity index is 2.47. The second kappa shape index (κ2) is 5.50. The summed E-state index contributed by atoms with van der Waals surface area (Å²) in [5.74, 6) is -0.811. The summed E-state index contributed by atoms with van der Waals surface area (Å²) in [4.78, 5) is 23.5. The highest BCUT2D eigenvalue weighted by Crippen LogP contribution is 2.09. The summed E-state index contributed by atoms with van der Waals surface area (Å²) in [5.41, 5.74) is 0. The highest BCUT2D eigenvalue weighted by Gasteiger charge is 2.25. The van der Waals surface area contributed by atoms with Crippen LogP contribution >= 0.6 is 0 Å². The fraction of sp³-hybridized carbons (Fsp3) is 0.600. The van der Waals surface area contributed by atoms with E-state index in [0.29, 0.717) is 26.1 Å². The summed E-state index contributed by atoms with van der Waals surface area (Å²) in [7, 11) is 0. The Morgan fingerprint density at radius 1 is 1.73 bits per heavy atom. The van der Waals surface area contributed by atoms with Gasteiger partial charge >= 0.3 is 5.97 Å². The van der Waals surface area contributed by atoms with E-state index >= 15 is 0 Å². The molecule has 0 saturated carbocycles. The maximum absolute atomic E-state index is 11.1. The van der Waals surface area contributed by atoms with Crippen molar-refractivity contribution in [1.82, 2.24) is 10.2 Å². The maximum Gasteiger partial charge on any atom is 0.303 e. The molecule has 0 aromatic heterocycles. The van der Waals surface area contributed by atoms with E-state index in [1.54, 1.807) is 6.08 Å². The zero-order valence-corrected chi connectivity index (χ0v) is 8.61. The van der Waals surface area contributed by atoms with Gasteiger partial charge in [-0.1, -0.05) is 6.08 Å². The molecular weight excluding hydrogens is 196 g/mol. The maximum atomic E-state index is 11.1. The van der Waals surface area contributed by atoms with Gasteiger partial charge in [-0.3, -0.25) is 14.5 Å². The third kappa shape index (κ3) is 3.71. The van der Waals surface area contributed by atoms with E-state index in [2.05, 4.69) is 11.9 Å². The number of piperazine rings is 1. The highest BCUT2D eigenvalue weighted by molar-refractivity contribution is 5.79. The van der Waals surface area contributed by atoms with E-state index in [4.69, 9.17) is 5.11 Å². The van der Waals surface area contributed by atoms with Gasteiger partial charge in [0.25, 0.3) is 0 Å². The molecule has 5 nitrogen and oxygen atoms in total. The summed E-state index contributed by atoms with van der Waals surface area (Å²) in [5, 5.41) is 11.3. The van der Waals surface area contributed by atoms with Gasteiger partial charge in [0.15, 0.2) is 0 Å². The van der Waals surface area contributed by atoms with Crippen LogP contribution in [0.3, 0.4) is 0 Å². The largest absolute Gasteiger partial charge is 0.481 e. The lowest BCUT2D eigenvalue weighted by atomic mass is 10.1. The monoisotopic (exact) mass is 212 g/mol. The van der Waals surface area contributed by atoms with Crippen molar-refractivity contribution in [2.45, 2.75) is 18.9 Å². The number of hydrogen-bond donors (Lipinski definition) is 2. The van der Waals surface area contributed by atoms with Gasteiger partial charge in [-0.05, 0) is 6.42 Å². The van der Waals surface area contributed by atoms with Crippen LogP contribution < -0.4 is 5.32 Å². The lowest BCUT2D eigenvalue weighted by Gasteiger charge is -2.34. The predicted molar refractivity (Wildman–Crippen MR) is 55.4 cm³/mol. The number of aliphatic carboxylic acids is 1. The molecule has 1 aliphatic heterocycles. The lowest BCUT2D eigenvalue weighted by molar-refractivity contribution is -0.137. The minimum absolute atomic E-state index is 0.0107. The quantitative estimate of drug-likeness (QED) is 0.621. The van der Waals surface area contributed by atoms with Crippen molar-refractivity contribution >= 4 is 11.9 Å². The molecule has 0 aliphatic carbocycles. The van der Waals surface area contributed by atoms with Crippen LogP contribution in [-0.4, -0.2) is 47.6 Å². The molecular formula is C10H16N2O3. The van der Waals surface area contributed by atoms with E-state index in [1.807, 2.05) is 4.90 Å². The number of rotatable bonds is 5. The van der Waals surface area contributed by atoms with Gasteiger partial charge < -0.3 is 10.4 Å². The first-order valence-corrected chi connectivity index (χ1v) is 4.97. The summed E-state index contributed by atoms with van der Waals surface area (Å²) < 4.78 is 0. The van der Waals surface area contributed by atoms with Crippen LogP contribution in [0.25, 0.3) is 0 Å². The van der Waals surface area contributed by atoms with E-state index in [0.717, 1.165) is 0 Å². The summed E-state index contributed by atoms with van der Waals surface area (Å²) in [6.45, 7) is 5.10. The Morgan fingerprint density at radius 3 is 3.07 bits per heavy atom. The molecule has 1 unspecified atom stereocenters. The van der Waals surface area contributed by atoms with Crippen molar-refractivity contribution in [1.29, 1.82) is 0 Å². The number of hydrogen-bond acceptors (Lipinski definition) is 3. The second-order valence-electron chi connectivity index (χ2n) is 3.61. The molecule has 1 saturated heterocycles. The molecule has 0 bridgehead atoms. The fourth-order valence-electron chi connectivity index (χ4n) is 1.68. The number of carboxylic acids is 1. The van der Waals surface area contributed by atoms with E-state index < -0.39 is 5.97 Å². The van der Waals surface area contributed by atoms with E-state index in [1.165, 1.54) is 0 Å². The molecule has 84 valence electrons. The normalized spacial score (nSPS) is 22.1. The zero-order valence-electron chi connectivity index (χ0n) is 8.61. The Bertz CT molecular complexity index is 265. The predicted octanol–water partition coefficient (Wildman–Crippen LogP) is -0.162. The van der Waals surface area contributed by atoms with Crippen LogP contribution in [0.5, 0.6) is 0 Å². The molecule has 0 aromatic carbocycles. The first-order valence-electron chi connectivity index (χ1n) is 4.97. The molecule has 1 heterocycles. The number of carboxylic acid groups (broad SMARTS) is 1. The van der Waals surface area contributed by atoms with E-state index in [-0.39, 0.29) is 18.4 Å². The molecule has 5 heteroatoms. The number of carbonyl (C=O) groups is 2. The van der Waals surface area contributed by atoms with Crippen LogP contribution in [0.4, 0.5) is 0 Å². The van der Waals surface area contributed by atoms with Crippen molar-refractivity contribution in [2.24, 2.45) is 0 Å². The fourth-order valence-corrected chi connectivity index (χ4v) is 1.68. The van der Waals surface area contributed by atoms with Crippen molar-refractivity contribution in [3.63, 3.8) is 0 Å². The van der Waals surface area contributed by atoms with Gasteiger partial charge in [0.05, 0.1) is 6.54 Å². The molecule has 2 N–H and O–H groups in total. The first-order chi connectivity index (χ1) is 7.13. The van der Waals surface area contributed by atoms with Gasteiger partial charge in [0, 0.05) is 25.6 Å². The average Bonchev–Trinajstić information content (AvgIpc) is 2.17. The molecule has 1 rings (SSSR count). The lowest BCUT2D eigenvalue weighted by Crippen LogP contribution is -2.54. The van der Waals surface area contributed by atoms with Crippen molar-refractivity contribution < 1.29 is 14.7 Å². The van der Waals surface area contributed by atoms with Crippen molar-refractivity contribution in [3.8, 4) is 0 Å². The first kappa shape index (κ1) is 11.7. The Morgan fingerprint density at radius 2 is 2.47 bits per heavy atom. The molecule has 1 aliphatic rings. The van der Waals surface area contributed by atoms with Crippen LogP contribution in [-0.2, 0) is 9.59 Å². The molecule has 0 aromatic rings.